The van der Waals surface area contributed by atoms with Gasteiger partial charge in [-0.1, -0.05) is 135 Å². The van der Waals surface area contributed by atoms with Crippen molar-refractivity contribution >= 4 is 27.2 Å². The zero-order chi connectivity index (χ0) is 33.1. The summed E-state index contributed by atoms with van der Waals surface area (Å²) in [6, 6.07) is 53.4. The van der Waals surface area contributed by atoms with Crippen LogP contribution in [0.15, 0.2) is 152 Å². The Morgan fingerprint density at radius 1 is 0.449 bits per heavy atom. The van der Waals surface area contributed by atoms with Crippen molar-refractivity contribution < 1.29 is 0 Å². The van der Waals surface area contributed by atoms with Crippen LogP contribution >= 0.6 is 0 Å². The van der Waals surface area contributed by atoms with E-state index in [1.165, 1.54) is 32.8 Å². The lowest BCUT2D eigenvalue weighted by atomic mass is 9.82. The van der Waals surface area contributed by atoms with Crippen LogP contribution in [0.1, 0.15) is 25.0 Å². The molecule has 0 unspecified atom stereocenters. The highest BCUT2D eigenvalue weighted by molar-refractivity contribution is 5.90. The molecule has 0 N–H and O–H groups in total. The largest absolute Gasteiger partial charge is 0.238 e. The Morgan fingerprint density at radius 3 is 1.63 bits per heavy atom. The van der Waals surface area contributed by atoms with Gasteiger partial charge >= 0.3 is 0 Å². The quantitative estimate of drug-likeness (QED) is 0.182. The van der Waals surface area contributed by atoms with Crippen molar-refractivity contribution in [3.05, 3.63) is 174 Å². The topological polar surface area (TPSA) is 30.1 Å². The molecule has 3 nitrogen and oxygen atoms in total. The fraction of sp³-hybridized carbons (Fsp3) is 0.0652. The van der Waals surface area contributed by atoms with Crippen LogP contribution in [0.25, 0.3) is 82.5 Å². The molecule has 1 aliphatic carbocycles. The van der Waals surface area contributed by atoms with Gasteiger partial charge in [-0.3, -0.25) is 0 Å². The highest BCUT2D eigenvalue weighted by atomic mass is 14.9. The minimum Gasteiger partial charge on any atom is -0.238 e. The Balaban J connectivity index is 1.13. The highest BCUT2D eigenvalue weighted by Gasteiger charge is 2.35. The molecule has 7 aromatic carbocycles. The van der Waals surface area contributed by atoms with Crippen LogP contribution in [0.3, 0.4) is 0 Å². The lowest BCUT2D eigenvalue weighted by Gasteiger charge is -2.21. The van der Waals surface area contributed by atoms with Gasteiger partial charge in [0.15, 0.2) is 11.5 Å². The Bertz CT molecular complexity index is 2540. The van der Waals surface area contributed by atoms with E-state index in [0.29, 0.717) is 11.5 Å². The summed E-state index contributed by atoms with van der Waals surface area (Å²) in [5, 5.41) is 4.74. The number of benzene rings is 7. The second-order valence-corrected chi connectivity index (χ2v) is 13.4. The van der Waals surface area contributed by atoms with Crippen LogP contribution < -0.4 is 0 Å². The van der Waals surface area contributed by atoms with Crippen LogP contribution in [-0.2, 0) is 5.41 Å². The maximum atomic E-state index is 7.56. The van der Waals surface area contributed by atoms with Crippen LogP contribution in [0, 0.1) is 6.57 Å². The number of hydrogen-bond acceptors (Lipinski definition) is 2. The van der Waals surface area contributed by atoms with Gasteiger partial charge in [0.25, 0.3) is 0 Å². The first-order valence-electron chi connectivity index (χ1n) is 16.6. The first-order chi connectivity index (χ1) is 23.9. The molecule has 0 saturated heterocycles. The molecule has 0 amide bonds. The molecule has 0 atom stereocenters. The van der Waals surface area contributed by atoms with Gasteiger partial charge < -0.3 is 0 Å². The SMILES string of the molecule is [C-]#[N+]c1ccc2c(c1)-c1cc(-c3ccc(-c4cc(-c5ccc6ccccc6c5)nc(-c5ccc6ccccc6c5)n4)cc3)ccc1C2(C)C. The maximum Gasteiger partial charge on any atom is 0.187 e. The number of aromatic nitrogens is 2. The van der Waals surface area contributed by atoms with Crippen LogP contribution in [0.5, 0.6) is 0 Å². The molecule has 3 heteroatoms. The molecule has 0 aliphatic heterocycles. The fourth-order valence-corrected chi connectivity index (χ4v) is 7.39. The summed E-state index contributed by atoms with van der Waals surface area (Å²) < 4.78 is 0. The standard InChI is InChI=1S/C46H31N3/c1-46(2)41-22-20-35(26-39(41)40-27-38(47-3)21-23-42(40)46)31-12-16-32(17-13-31)43-28-44(36-18-14-29-8-4-6-10-33(29)24-36)49-45(48-43)37-19-15-30-9-5-7-11-34(30)25-37/h4-28H,1-2H3. The summed E-state index contributed by atoms with van der Waals surface area (Å²) in [4.78, 5) is 14.0. The van der Waals surface area contributed by atoms with Crippen LogP contribution in [0.2, 0.25) is 0 Å². The van der Waals surface area contributed by atoms with Crippen molar-refractivity contribution in [3.8, 4) is 56.2 Å². The van der Waals surface area contributed by atoms with Crippen molar-refractivity contribution in [2.75, 3.05) is 0 Å². The summed E-state index contributed by atoms with van der Waals surface area (Å²) in [7, 11) is 0. The van der Waals surface area contributed by atoms with E-state index in [4.69, 9.17) is 16.5 Å². The van der Waals surface area contributed by atoms with Crippen molar-refractivity contribution in [2.45, 2.75) is 19.3 Å². The fourth-order valence-electron chi connectivity index (χ4n) is 7.39. The van der Waals surface area contributed by atoms with E-state index in [9.17, 15) is 0 Å². The van der Waals surface area contributed by atoms with Crippen LogP contribution in [-0.4, -0.2) is 9.97 Å². The van der Waals surface area contributed by atoms with E-state index in [1.54, 1.807) is 0 Å². The van der Waals surface area contributed by atoms with Gasteiger partial charge in [0.2, 0.25) is 0 Å². The van der Waals surface area contributed by atoms with Gasteiger partial charge in [-0.05, 0) is 85.3 Å². The molecule has 230 valence electrons. The third-order valence-corrected chi connectivity index (χ3v) is 10.1. The third-order valence-electron chi connectivity index (χ3n) is 10.1. The average molecular weight is 626 g/mol. The van der Waals surface area contributed by atoms with E-state index < -0.39 is 0 Å². The molecule has 0 bridgehead atoms. The minimum absolute atomic E-state index is 0.105. The maximum absolute atomic E-state index is 7.56. The summed E-state index contributed by atoms with van der Waals surface area (Å²) in [6.07, 6.45) is 0. The second-order valence-electron chi connectivity index (χ2n) is 13.4. The van der Waals surface area contributed by atoms with Gasteiger partial charge in [-0.2, -0.15) is 0 Å². The zero-order valence-corrected chi connectivity index (χ0v) is 27.3. The lowest BCUT2D eigenvalue weighted by molar-refractivity contribution is 0.660. The third kappa shape index (κ3) is 4.89. The van der Waals surface area contributed by atoms with Gasteiger partial charge in [0.1, 0.15) is 0 Å². The lowest BCUT2D eigenvalue weighted by Crippen LogP contribution is -2.14. The Kier molecular flexibility index (Phi) is 6.54. The highest BCUT2D eigenvalue weighted by Crippen LogP contribution is 2.50. The predicted molar refractivity (Wildman–Crippen MR) is 203 cm³/mol. The summed E-state index contributed by atoms with van der Waals surface area (Å²) in [5.74, 6) is 0.703. The predicted octanol–water partition coefficient (Wildman–Crippen LogP) is 12.3. The number of rotatable bonds is 4. The first kappa shape index (κ1) is 28.8. The molecule has 1 heterocycles. The van der Waals surface area contributed by atoms with Gasteiger partial charge in [0, 0.05) is 22.1 Å². The number of fused-ring (bicyclic) bond motifs is 5. The van der Waals surface area contributed by atoms with E-state index in [2.05, 4.69) is 158 Å². The molecule has 0 saturated carbocycles. The number of nitrogens with zero attached hydrogens (tertiary/aromatic N) is 3. The van der Waals surface area contributed by atoms with Crippen LogP contribution in [0.4, 0.5) is 5.69 Å². The molecular formula is C46H31N3. The van der Waals surface area contributed by atoms with E-state index >= 15 is 0 Å². The molecule has 1 aliphatic rings. The van der Waals surface area contributed by atoms with Gasteiger partial charge in [0.05, 0.1) is 18.0 Å². The smallest absolute Gasteiger partial charge is 0.187 e. The van der Waals surface area contributed by atoms with E-state index in [1.807, 2.05) is 12.1 Å². The minimum atomic E-state index is -0.105. The summed E-state index contributed by atoms with van der Waals surface area (Å²) in [6.45, 7) is 12.1. The van der Waals surface area contributed by atoms with Crippen molar-refractivity contribution in [1.29, 1.82) is 0 Å². The molecule has 8 aromatic rings. The monoisotopic (exact) mass is 625 g/mol. The normalized spacial score (nSPS) is 12.8. The molecule has 0 spiro atoms. The first-order valence-corrected chi connectivity index (χ1v) is 16.6. The second kappa shape index (κ2) is 11.1. The average Bonchev–Trinajstić information content (AvgIpc) is 3.39. The van der Waals surface area contributed by atoms with Crippen molar-refractivity contribution in [1.82, 2.24) is 9.97 Å². The molecule has 49 heavy (non-hydrogen) atoms. The number of hydrogen-bond donors (Lipinski definition) is 0. The Hall–Kier alpha value is -6.37. The van der Waals surface area contributed by atoms with Crippen molar-refractivity contribution in [3.63, 3.8) is 0 Å². The Morgan fingerprint density at radius 2 is 0.959 bits per heavy atom. The van der Waals surface area contributed by atoms with E-state index in [-0.39, 0.29) is 5.41 Å². The molecule has 0 fully saturated rings. The molecule has 0 radical (unpaired) electrons. The van der Waals surface area contributed by atoms with Gasteiger partial charge in [-0.25, -0.2) is 14.8 Å². The zero-order valence-electron chi connectivity index (χ0n) is 27.3. The Labute approximate surface area is 286 Å². The van der Waals surface area contributed by atoms with Crippen molar-refractivity contribution in [2.24, 2.45) is 0 Å². The molecular weight excluding hydrogens is 595 g/mol. The van der Waals surface area contributed by atoms with Gasteiger partial charge in [-0.15, -0.1) is 0 Å². The summed E-state index contributed by atoms with van der Waals surface area (Å²) in [5.41, 5.74) is 12.7. The molecule has 1 aromatic heterocycles. The summed E-state index contributed by atoms with van der Waals surface area (Å²) >= 11 is 0. The van der Waals surface area contributed by atoms with E-state index in [0.717, 1.165) is 50.2 Å². The molecule has 9 rings (SSSR count).